The molecule has 1 spiro atoms. The summed E-state index contributed by atoms with van der Waals surface area (Å²) in [5.74, 6) is 1.04. The summed E-state index contributed by atoms with van der Waals surface area (Å²) in [6.07, 6.45) is 6.05. The number of hydrogen-bond acceptors (Lipinski definition) is 4. The standard InChI is InChI=1S/C25H36N2O3/c1-24(2)18-14-19-22(17-6-7-20-16(13-17)5-4-10-27(20)3)30-12-9-25(19,15-18)23(24)26-21(29)8-11-28/h6-7,13,18-19,22-23,28H,4-5,8-12,14-15H2,1-3H3,(H,26,29)/t18-,19-,22-,23+,25?/m1/s1. The van der Waals surface area contributed by atoms with Crippen LogP contribution in [0.15, 0.2) is 18.2 Å². The lowest BCUT2D eigenvalue weighted by Gasteiger charge is -2.53. The van der Waals surface area contributed by atoms with Crippen molar-refractivity contribution in [1.82, 2.24) is 5.32 Å². The van der Waals surface area contributed by atoms with Crippen LogP contribution >= 0.6 is 0 Å². The summed E-state index contributed by atoms with van der Waals surface area (Å²) in [5, 5.41) is 12.6. The number of carbonyl (C=O) groups excluding carboxylic acids is 1. The molecule has 1 aromatic rings. The molecule has 5 nitrogen and oxygen atoms in total. The van der Waals surface area contributed by atoms with E-state index in [1.807, 2.05) is 0 Å². The Hall–Kier alpha value is -1.59. The highest BCUT2D eigenvalue weighted by Crippen LogP contribution is 2.70. The number of carbonyl (C=O) groups is 1. The van der Waals surface area contributed by atoms with E-state index in [0.717, 1.165) is 26.0 Å². The summed E-state index contributed by atoms with van der Waals surface area (Å²) >= 11 is 0. The topological polar surface area (TPSA) is 61.8 Å². The molecule has 2 N–H and O–H groups in total. The third kappa shape index (κ3) is 2.92. The first kappa shape index (κ1) is 20.3. The molecule has 2 aliphatic heterocycles. The summed E-state index contributed by atoms with van der Waals surface area (Å²) in [7, 11) is 2.18. The van der Waals surface area contributed by atoms with Gasteiger partial charge in [-0.15, -0.1) is 0 Å². The van der Waals surface area contributed by atoms with Gasteiger partial charge in [0, 0.05) is 38.3 Å². The van der Waals surface area contributed by atoms with Gasteiger partial charge in [-0.25, -0.2) is 0 Å². The highest BCUT2D eigenvalue weighted by atomic mass is 16.5. The van der Waals surface area contributed by atoms with Crippen LogP contribution < -0.4 is 10.2 Å². The first-order chi connectivity index (χ1) is 14.4. The van der Waals surface area contributed by atoms with Crippen molar-refractivity contribution in [3.05, 3.63) is 29.3 Å². The Morgan fingerprint density at radius 3 is 3.00 bits per heavy atom. The van der Waals surface area contributed by atoms with Crippen molar-refractivity contribution in [3.8, 4) is 0 Å². The second kappa shape index (κ2) is 7.23. The van der Waals surface area contributed by atoms with Gasteiger partial charge in [0.15, 0.2) is 0 Å². The number of benzene rings is 1. The van der Waals surface area contributed by atoms with Crippen LogP contribution in [-0.4, -0.2) is 43.9 Å². The van der Waals surface area contributed by atoms with Crippen LogP contribution in [0.1, 0.15) is 63.2 Å². The van der Waals surface area contributed by atoms with E-state index < -0.39 is 0 Å². The lowest BCUT2D eigenvalue weighted by Crippen LogP contribution is -2.59. The van der Waals surface area contributed by atoms with Gasteiger partial charge >= 0.3 is 0 Å². The predicted octanol–water partition coefficient (Wildman–Crippen LogP) is 3.45. The van der Waals surface area contributed by atoms with E-state index in [1.165, 1.54) is 36.1 Å². The number of amides is 1. The van der Waals surface area contributed by atoms with Gasteiger partial charge in [-0.3, -0.25) is 4.79 Å². The van der Waals surface area contributed by atoms with E-state index in [-0.39, 0.29) is 41.9 Å². The van der Waals surface area contributed by atoms with Gasteiger partial charge in [-0.2, -0.15) is 0 Å². The largest absolute Gasteiger partial charge is 0.396 e. The maximum atomic E-state index is 12.5. The third-order valence-electron chi connectivity index (χ3n) is 8.93. The maximum Gasteiger partial charge on any atom is 0.222 e. The molecule has 5 atom stereocenters. The zero-order chi connectivity index (χ0) is 21.1. The molecule has 2 saturated carbocycles. The van der Waals surface area contributed by atoms with Crippen molar-refractivity contribution in [3.63, 3.8) is 0 Å². The van der Waals surface area contributed by atoms with Crippen molar-refractivity contribution in [2.45, 2.75) is 64.5 Å². The molecule has 0 radical (unpaired) electrons. The average molecular weight is 413 g/mol. The van der Waals surface area contributed by atoms with E-state index in [0.29, 0.717) is 11.8 Å². The molecule has 30 heavy (non-hydrogen) atoms. The molecule has 1 saturated heterocycles. The van der Waals surface area contributed by atoms with Gasteiger partial charge in [0.2, 0.25) is 5.91 Å². The minimum Gasteiger partial charge on any atom is -0.396 e. The molecule has 3 fully saturated rings. The molecule has 5 heteroatoms. The van der Waals surface area contributed by atoms with Crippen molar-refractivity contribution in [2.75, 3.05) is 31.7 Å². The Bertz CT molecular complexity index is 838. The number of fused-ring (bicyclic) bond motifs is 2. The summed E-state index contributed by atoms with van der Waals surface area (Å²) in [5.41, 5.74) is 4.31. The lowest BCUT2D eigenvalue weighted by atomic mass is 9.58. The van der Waals surface area contributed by atoms with E-state index in [9.17, 15) is 9.90 Å². The molecule has 0 aromatic heterocycles. The zero-order valence-electron chi connectivity index (χ0n) is 18.6. The summed E-state index contributed by atoms with van der Waals surface area (Å²) < 4.78 is 6.45. The quantitative estimate of drug-likeness (QED) is 0.795. The number of hydrogen-bond donors (Lipinski definition) is 2. The van der Waals surface area contributed by atoms with Crippen molar-refractivity contribution >= 4 is 11.6 Å². The highest BCUT2D eigenvalue weighted by molar-refractivity contribution is 5.76. The number of aryl methyl sites for hydroxylation is 1. The minimum atomic E-state index is -0.0891. The van der Waals surface area contributed by atoms with E-state index in [1.54, 1.807) is 0 Å². The smallest absolute Gasteiger partial charge is 0.222 e. The van der Waals surface area contributed by atoms with Gasteiger partial charge < -0.3 is 20.1 Å². The van der Waals surface area contributed by atoms with Crippen molar-refractivity contribution < 1.29 is 14.6 Å². The van der Waals surface area contributed by atoms with Crippen LogP contribution in [0, 0.1) is 22.7 Å². The fraction of sp³-hybridized carbons (Fsp3) is 0.720. The summed E-state index contributed by atoms with van der Waals surface area (Å²) in [4.78, 5) is 14.8. The first-order valence-electron chi connectivity index (χ1n) is 11.7. The Labute approximate surface area is 180 Å². The van der Waals surface area contributed by atoms with Crippen molar-refractivity contribution in [2.24, 2.45) is 22.7 Å². The van der Waals surface area contributed by atoms with Crippen LogP contribution in [0.25, 0.3) is 0 Å². The first-order valence-corrected chi connectivity index (χ1v) is 11.7. The van der Waals surface area contributed by atoms with Crippen LogP contribution in [0.2, 0.25) is 0 Å². The molecular formula is C25H36N2O3. The minimum absolute atomic E-state index is 0.0175. The Morgan fingerprint density at radius 1 is 1.37 bits per heavy atom. The summed E-state index contributed by atoms with van der Waals surface area (Å²) in [6.45, 7) is 6.45. The predicted molar refractivity (Wildman–Crippen MR) is 117 cm³/mol. The Kier molecular flexibility index (Phi) is 4.90. The van der Waals surface area contributed by atoms with Gasteiger partial charge in [0.05, 0.1) is 12.7 Å². The normalized spacial score (nSPS) is 36.3. The second-order valence-electron chi connectivity index (χ2n) is 10.7. The monoisotopic (exact) mass is 412 g/mol. The van der Waals surface area contributed by atoms with Crippen LogP contribution in [-0.2, 0) is 16.0 Å². The zero-order valence-corrected chi connectivity index (χ0v) is 18.6. The number of anilines is 1. The molecular weight excluding hydrogens is 376 g/mol. The van der Waals surface area contributed by atoms with Gasteiger partial charge in [-0.1, -0.05) is 26.0 Å². The molecule has 5 rings (SSSR count). The number of nitrogens with zero attached hydrogens (tertiary/aromatic N) is 1. The number of ether oxygens (including phenoxy) is 1. The molecule has 2 heterocycles. The summed E-state index contributed by atoms with van der Waals surface area (Å²) in [6, 6.07) is 7.11. The maximum absolute atomic E-state index is 12.5. The molecule has 2 bridgehead atoms. The van der Waals surface area contributed by atoms with Crippen molar-refractivity contribution in [1.29, 1.82) is 0 Å². The molecule has 1 unspecified atom stereocenters. The molecule has 1 aromatic carbocycles. The number of rotatable bonds is 4. The number of aliphatic hydroxyl groups excluding tert-OH is 1. The third-order valence-corrected chi connectivity index (χ3v) is 8.93. The van der Waals surface area contributed by atoms with E-state index >= 15 is 0 Å². The molecule has 164 valence electrons. The van der Waals surface area contributed by atoms with Crippen LogP contribution in [0.4, 0.5) is 5.69 Å². The molecule has 1 amide bonds. The van der Waals surface area contributed by atoms with Gasteiger partial charge in [-0.05, 0) is 72.0 Å². The average Bonchev–Trinajstić information content (AvgIpc) is 3.21. The Morgan fingerprint density at radius 2 is 2.20 bits per heavy atom. The lowest BCUT2D eigenvalue weighted by molar-refractivity contribution is -0.137. The second-order valence-corrected chi connectivity index (χ2v) is 10.7. The number of nitrogens with one attached hydrogen (secondary N) is 1. The van der Waals surface area contributed by atoms with Gasteiger partial charge in [0.1, 0.15) is 0 Å². The van der Waals surface area contributed by atoms with Gasteiger partial charge in [0.25, 0.3) is 0 Å². The fourth-order valence-corrected chi connectivity index (χ4v) is 7.43. The fourth-order valence-electron chi connectivity index (χ4n) is 7.43. The van der Waals surface area contributed by atoms with E-state index in [4.69, 9.17) is 4.74 Å². The van der Waals surface area contributed by atoms with Crippen LogP contribution in [0.3, 0.4) is 0 Å². The number of aliphatic hydroxyl groups is 1. The van der Waals surface area contributed by atoms with Crippen LogP contribution in [0.5, 0.6) is 0 Å². The Balaban J connectivity index is 1.46. The highest BCUT2D eigenvalue weighted by Gasteiger charge is 2.68. The van der Waals surface area contributed by atoms with E-state index in [2.05, 4.69) is 49.3 Å². The SMILES string of the molecule is CN1CCCc2cc([C@H]3OCCC45C[C@@H](C[C@H]34)C(C)(C)[C@@H]5NC(=O)CCO)ccc21. The molecule has 4 aliphatic rings. The molecule has 2 aliphatic carbocycles.